The lowest BCUT2D eigenvalue weighted by molar-refractivity contribution is -0.170. The van der Waals surface area contributed by atoms with Gasteiger partial charge >= 0.3 is 11.9 Å². The third kappa shape index (κ3) is 3.37. The second-order valence-corrected chi connectivity index (χ2v) is 6.46. The Morgan fingerprint density at radius 3 is 2.31 bits per heavy atom. The summed E-state index contributed by atoms with van der Waals surface area (Å²) < 4.78 is 14.6. The maximum absolute atomic E-state index is 12.6. The Kier molecular flexibility index (Phi) is 5.56. The molecule has 0 spiro atoms. The van der Waals surface area contributed by atoms with Crippen LogP contribution in [0.2, 0.25) is 0 Å². The molecule has 0 unspecified atom stereocenters. The van der Waals surface area contributed by atoms with Gasteiger partial charge < -0.3 is 24.4 Å². The van der Waals surface area contributed by atoms with E-state index in [0.29, 0.717) is 5.56 Å². The van der Waals surface area contributed by atoms with Crippen molar-refractivity contribution in [1.82, 2.24) is 0 Å². The van der Waals surface area contributed by atoms with Gasteiger partial charge in [0.05, 0.1) is 32.8 Å². The summed E-state index contributed by atoms with van der Waals surface area (Å²) in [5.74, 6) is -5.67. The van der Waals surface area contributed by atoms with Gasteiger partial charge in [0.25, 0.3) is 0 Å². The van der Waals surface area contributed by atoms with Gasteiger partial charge in [0, 0.05) is 12.3 Å². The molecule has 0 aromatic heterocycles. The van der Waals surface area contributed by atoms with E-state index in [0.717, 1.165) is 14.2 Å². The van der Waals surface area contributed by atoms with Crippen molar-refractivity contribution in [1.29, 1.82) is 0 Å². The molecule has 0 radical (unpaired) electrons. The lowest BCUT2D eigenvalue weighted by Gasteiger charge is -2.43. The molecule has 26 heavy (non-hydrogen) atoms. The van der Waals surface area contributed by atoms with E-state index in [4.69, 9.17) is 14.2 Å². The fourth-order valence-corrected chi connectivity index (χ4v) is 3.57. The van der Waals surface area contributed by atoms with Crippen molar-refractivity contribution in [2.75, 3.05) is 21.3 Å². The zero-order valence-electron chi connectivity index (χ0n) is 15.0. The Bertz CT molecular complexity index is 724. The van der Waals surface area contributed by atoms with Crippen LogP contribution in [-0.2, 0) is 23.9 Å². The van der Waals surface area contributed by atoms with Crippen molar-refractivity contribution in [3.05, 3.63) is 23.8 Å². The highest BCUT2D eigenvalue weighted by atomic mass is 16.5. The molecule has 2 rings (SSSR count). The Balaban J connectivity index is 2.69. The van der Waals surface area contributed by atoms with Crippen LogP contribution < -0.4 is 4.74 Å². The number of aromatic hydroxyl groups is 1. The van der Waals surface area contributed by atoms with Gasteiger partial charge in [-0.1, -0.05) is 6.07 Å². The maximum Gasteiger partial charge on any atom is 0.316 e. The summed E-state index contributed by atoms with van der Waals surface area (Å²) >= 11 is 0. The zero-order chi connectivity index (χ0) is 19.6. The fourth-order valence-electron chi connectivity index (χ4n) is 3.57. The Hall–Kier alpha value is -2.61. The van der Waals surface area contributed by atoms with E-state index in [1.807, 2.05) is 0 Å². The highest BCUT2D eigenvalue weighted by Gasteiger charge is 2.57. The molecule has 2 N–H and O–H groups in total. The number of phenolic OH excluding ortho intramolecular Hbond substituents is 1. The van der Waals surface area contributed by atoms with E-state index < -0.39 is 47.5 Å². The molecule has 4 atom stereocenters. The quantitative estimate of drug-likeness (QED) is 0.593. The summed E-state index contributed by atoms with van der Waals surface area (Å²) in [7, 11) is 3.65. The summed E-state index contributed by atoms with van der Waals surface area (Å²) in [6, 6.07) is 4.20. The number of aliphatic hydroxyl groups is 1. The topological polar surface area (TPSA) is 119 Å². The van der Waals surface area contributed by atoms with Crippen molar-refractivity contribution in [2.45, 2.75) is 24.9 Å². The number of Topliss-reactive ketones (excluding diaryl/α,β-unsaturated/α-hetero) is 1. The SMILES string of the molecule is COC(=O)[C@@H]1C(=O)C[C@@](C)(O)[C@@H](C(=O)OC)[C@@H]1c1ccc(O)c(OC)c1. The maximum atomic E-state index is 12.6. The van der Waals surface area contributed by atoms with E-state index >= 15 is 0 Å². The number of hydrogen-bond acceptors (Lipinski definition) is 8. The standard InChI is InChI=1S/C18H22O8/c1-18(23)8-11(20)14(16(21)25-3)13(15(18)17(22)26-4)9-5-6-10(19)12(7-9)24-2/h5-7,13-15,19,23H,8H2,1-4H3/t13-,14-,15-,18-/m1/s1. The van der Waals surface area contributed by atoms with Gasteiger partial charge in [-0.2, -0.15) is 0 Å². The predicted octanol–water partition coefficient (Wildman–Crippen LogP) is 0.787. The normalized spacial score (nSPS) is 28.3. The van der Waals surface area contributed by atoms with Crippen LogP contribution in [0.4, 0.5) is 0 Å². The molecule has 1 aliphatic carbocycles. The number of hydrogen-bond donors (Lipinski definition) is 2. The predicted molar refractivity (Wildman–Crippen MR) is 88.7 cm³/mol. The molecular weight excluding hydrogens is 344 g/mol. The second kappa shape index (κ2) is 7.33. The van der Waals surface area contributed by atoms with Gasteiger partial charge in [-0.05, 0) is 24.6 Å². The monoisotopic (exact) mass is 366 g/mol. The van der Waals surface area contributed by atoms with Gasteiger partial charge in [0.1, 0.15) is 5.92 Å². The minimum absolute atomic E-state index is 0.104. The summed E-state index contributed by atoms with van der Waals surface area (Å²) in [4.78, 5) is 37.3. The average Bonchev–Trinajstić information content (AvgIpc) is 2.59. The summed E-state index contributed by atoms with van der Waals surface area (Å²) in [5.41, 5.74) is -1.36. The molecule has 142 valence electrons. The Morgan fingerprint density at radius 1 is 1.15 bits per heavy atom. The zero-order valence-corrected chi connectivity index (χ0v) is 15.0. The molecule has 0 heterocycles. The minimum atomic E-state index is -1.72. The van der Waals surface area contributed by atoms with Crippen molar-refractivity contribution < 1.29 is 38.8 Å². The smallest absolute Gasteiger partial charge is 0.316 e. The first kappa shape index (κ1) is 19.7. The number of rotatable bonds is 4. The molecule has 1 aliphatic rings. The van der Waals surface area contributed by atoms with E-state index in [2.05, 4.69) is 0 Å². The van der Waals surface area contributed by atoms with Gasteiger partial charge in [-0.15, -0.1) is 0 Å². The molecule has 8 heteroatoms. The molecule has 0 bridgehead atoms. The highest BCUT2D eigenvalue weighted by molar-refractivity contribution is 6.02. The Labute approximate surface area is 150 Å². The molecule has 0 amide bonds. The second-order valence-electron chi connectivity index (χ2n) is 6.46. The van der Waals surface area contributed by atoms with Crippen LogP contribution in [0.15, 0.2) is 18.2 Å². The van der Waals surface area contributed by atoms with E-state index in [1.54, 1.807) is 0 Å². The number of carbonyl (C=O) groups is 3. The lowest BCUT2D eigenvalue weighted by Crippen LogP contribution is -2.55. The molecular formula is C18H22O8. The number of carbonyl (C=O) groups excluding carboxylic acids is 3. The number of phenols is 1. The van der Waals surface area contributed by atoms with Crippen LogP contribution >= 0.6 is 0 Å². The molecule has 1 aromatic rings. The first-order valence-electron chi connectivity index (χ1n) is 7.95. The number of methoxy groups -OCH3 is 3. The van der Waals surface area contributed by atoms with E-state index in [9.17, 15) is 24.6 Å². The van der Waals surface area contributed by atoms with Crippen molar-refractivity contribution >= 4 is 17.7 Å². The van der Waals surface area contributed by atoms with Gasteiger partial charge in [-0.25, -0.2) is 0 Å². The summed E-state index contributed by atoms with van der Waals surface area (Å²) in [6.07, 6.45) is -0.391. The van der Waals surface area contributed by atoms with E-state index in [-0.39, 0.29) is 11.5 Å². The molecule has 1 aromatic carbocycles. The first-order chi connectivity index (χ1) is 12.2. The van der Waals surface area contributed by atoms with Crippen LogP contribution in [0, 0.1) is 11.8 Å². The van der Waals surface area contributed by atoms with Crippen LogP contribution in [0.25, 0.3) is 0 Å². The lowest BCUT2D eigenvalue weighted by atomic mass is 9.61. The minimum Gasteiger partial charge on any atom is -0.504 e. The third-order valence-corrected chi connectivity index (χ3v) is 4.77. The number of esters is 2. The van der Waals surface area contributed by atoms with Crippen LogP contribution in [0.1, 0.15) is 24.8 Å². The van der Waals surface area contributed by atoms with Gasteiger partial charge in [0.15, 0.2) is 17.3 Å². The largest absolute Gasteiger partial charge is 0.504 e. The third-order valence-electron chi connectivity index (χ3n) is 4.77. The molecule has 0 saturated heterocycles. The average molecular weight is 366 g/mol. The fraction of sp³-hybridized carbons (Fsp3) is 0.500. The van der Waals surface area contributed by atoms with Crippen LogP contribution in [0.5, 0.6) is 11.5 Å². The molecule has 1 saturated carbocycles. The number of ketones is 1. The highest BCUT2D eigenvalue weighted by Crippen LogP contribution is 2.47. The number of benzene rings is 1. The van der Waals surface area contributed by atoms with E-state index in [1.165, 1.54) is 32.2 Å². The van der Waals surface area contributed by atoms with Crippen molar-refractivity contribution in [2.24, 2.45) is 11.8 Å². The van der Waals surface area contributed by atoms with Gasteiger partial charge in [0.2, 0.25) is 0 Å². The van der Waals surface area contributed by atoms with Crippen LogP contribution in [0.3, 0.4) is 0 Å². The van der Waals surface area contributed by atoms with Crippen molar-refractivity contribution in [3.8, 4) is 11.5 Å². The summed E-state index contributed by atoms with van der Waals surface area (Å²) in [5, 5.41) is 20.5. The van der Waals surface area contributed by atoms with Crippen molar-refractivity contribution in [3.63, 3.8) is 0 Å². The number of ether oxygens (including phenoxy) is 3. The van der Waals surface area contributed by atoms with Gasteiger partial charge in [-0.3, -0.25) is 14.4 Å². The molecule has 0 aliphatic heterocycles. The Morgan fingerprint density at radius 2 is 1.77 bits per heavy atom. The molecule has 1 fully saturated rings. The first-order valence-corrected chi connectivity index (χ1v) is 7.95. The summed E-state index contributed by atoms with van der Waals surface area (Å²) in [6.45, 7) is 1.35. The van der Waals surface area contributed by atoms with Crippen LogP contribution in [-0.4, -0.2) is 54.9 Å². The molecule has 8 nitrogen and oxygen atoms in total.